The summed E-state index contributed by atoms with van der Waals surface area (Å²) >= 11 is 0. The van der Waals surface area contributed by atoms with Crippen LogP contribution in [0.25, 0.3) is 0 Å². The van der Waals surface area contributed by atoms with Gasteiger partial charge < -0.3 is 5.32 Å². The number of para-hydroxylation sites is 1. The van der Waals surface area contributed by atoms with E-state index in [-0.39, 0.29) is 24.2 Å². The van der Waals surface area contributed by atoms with Gasteiger partial charge in [0.1, 0.15) is 11.9 Å². The Kier molecular flexibility index (Phi) is 4.42. The Morgan fingerprint density at radius 1 is 0.852 bits per heavy atom. The van der Waals surface area contributed by atoms with Crippen molar-refractivity contribution in [2.75, 3.05) is 5.32 Å². The number of benzene rings is 3. The quantitative estimate of drug-likeness (QED) is 0.714. The largest absolute Gasteiger partial charge is 0.369 e. The molecule has 0 saturated heterocycles. The molecule has 0 radical (unpaired) electrons. The van der Waals surface area contributed by atoms with Gasteiger partial charge in [-0.3, -0.25) is 14.5 Å². The van der Waals surface area contributed by atoms with Crippen LogP contribution in [0, 0.1) is 5.82 Å². The first-order valence-corrected chi connectivity index (χ1v) is 8.64. The molecule has 0 spiro atoms. The van der Waals surface area contributed by atoms with Crippen molar-refractivity contribution in [2.45, 2.75) is 12.6 Å². The van der Waals surface area contributed by atoms with E-state index in [2.05, 4.69) is 5.32 Å². The van der Waals surface area contributed by atoms with Crippen LogP contribution in [-0.2, 0) is 11.3 Å². The lowest BCUT2D eigenvalue weighted by Crippen LogP contribution is -2.39. The highest BCUT2D eigenvalue weighted by Crippen LogP contribution is 2.30. The predicted octanol–water partition coefficient (Wildman–Crippen LogP) is 4.16. The molecule has 1 unspecified atom stereocenters. The van der Waals surface area contributed by atoms with Crippen LogP contribution in [0.15, 0.2) is 78.9 Å². The number of amides is 2. The summed E-state index contributed by atoms with van der Waals surface area (Å²) in [4.78, 5) is 27.6. The molecule has 4 rings (SSSR count). The second kappa shape index (κ2) is 7.03. The first-order chi connectivity index (χ1) is 13.1. The number of fused-ring (bicyclic) bond motifs is 1. The summed E-state index contributed by atoms with van der Waals surface area (Å²) in [5.41, 5.74) is 2.51. The Balaban J connectivity index is 1.77. The minimum absolute atomic E-state index is 0.0806. The highest BCUT2D eigenvalue weighted by Gasteiger charge is 2.35. The van der Waals surface area contributed by atoms with Crippen molar-refractivity contribution in [1.29, 1.82) is 0 Å². The Bertz CT molecular complexity index is 987. The van der Waals surface area contributed by atoms with Crippen molar-refractivity contribution in [2.24, 2.45) is 0 Å². The molecule has 3 aromatic rings. The Labute approximate surface area is 156 Å². The highest BCUT2D eigenvalue weighted by atomic mass is 19.1. The Morgan fingerprint density at radius 2 is 1.52 bits per heavy atom. The van der Waals surface area contributed by atoms with E-state index in [1.165, 1.54) is 17.0 Å². The van der Waals surface area contributed by atoms with Gasteiger partial charge in [0.05, 0.1) is 12.1 Å². The van der Waals surface area contributed by atoms with Crippen molar-refractivity contribution in [3.05, 3.63) is 101 Å². The SMILES string of the molecule is O=C1c2ccccc2NC(c2ccccc2)C(=O)N1Cc1ccc(F)cc1. The molecule has 3 aromatic carbocycles. The highest BCUT2D eigenvalue weighted by molar-refractivity contribution is 6.11. The standard InChI is InChI=1S/C22H17FN2O2/c23-17-12-10-15(11-13-17)14-25-21(26)18-8-4-5-9-19(18)24-20(22(25)27)16-6-2-1-3-7-16/h1-13,20,24H,14H2. The lowest BCUT2D eigenvalue weighted by molar-refractivity contribution is -0.129. The average Bonchev–Trinajstić information content (AvgIpc) is 2.81. The zero-order valence-corrected chi connectivity index (χ0v) is 14.4. The van der Waals surface area contributed by atoms with E-state index in [9.17, 15) is 14.0 Å². The van der Waals surface area contributed by atoms with Crippen LogP contribution >= 0.6 is 0 Å². The van der Waals surface area contributed by atoms with Crippen LogP contribution in [0.3, 0.4) is 0 Å². The van der Waals surface area contributed by atoms with E-state index in [0.717, 1.165) is 5.56 Å². The smallest absolute Gasteiger partial charge is 0.262 e. The Hall–Kier alpha value is -3.47. The van der Waals surface area contributed by atoms with E-state index in [4.69, 9.17) is 0 Å². The first-order valence-electron chi connectivity index (χ1n) is 8.64. The van der Waals surface area contributed by atoms with Gasteiger partial charge >= 0.3 is 0 Å². The summed E-state index contributed by atoms with van der Waals surface area (Å²) in [5, 5.41) is 3.21. The van der Waals surface area contributed by atoms with E-state index in [1.54, 1.807) is 30.3 Å². The molecule has 0 bridgehead atoms. The van der Waals surface area contributed by atoms with Gasteiger partial charge in [-0.25, -0.2) is 4.39 Å². The molecule has 5 heteroatoms. The first kappa shape index (κ1) is 17.0. The minimum atomic E-state index is -0.681. The monoisotopic (exact) mass is 360 g/mol. The zero-order chi connectivity index (χ0) is 18.8. The molecule has 0 aliphatic carbocycles. The lowest BCUT2D eigenvalue weighted by atomic mass is 10.1. The van der Waals surface area contributed by atoms with Gasteiger partial charge in [0, 0.05) is 5.69 Å². The molecule has 0 fully saturated rings. The molecule has 1 atom stereocenters. The van der Waals surface area contributed by atoms with E-state index >= 15 is 0 Å². The number of hydrogen-bond acceptors (Lipinski definition) is 3. The van der Waals surface area contributed by atoms with Crippen LogP contribution in [0.4, 0.5) is 10.1 Å². The van der Waals surface area contributed by atoms with Gasteiger partial charge in [-0.2, -0.15) is 0 Å². The number of imide groups is 1. The van der Waals surface area contributed by atoms with Gasteiger partial charge in [-0.05, 0) is 35.4 Å². The Morgan fingerprint density at radius 3 is 2.26 bits per heavy atom. The maximum Gasteiger partial charge on any atom is 0.262 e. The molecule has 134 valence electrons. The van der Waals surface area contributed by atoms with Gasteiger partial charge in [0.15, 0.2) is 0 Å². The fourth-order valence-corrected chi connectivity index (χ4v) is 3.21. The lowest BCUT2D eigenvalue weighted by Gasteiger charge is -2.23. The average molecular weight is 360 g/mol. The summed E-state index contributed by atoms with van der Waals surface area (Å²) in [6, 6.07) is 21.5. The maximum absolute atomic E-state index is 13.3. The molecule has 4 nitrogen and oxygen atoms in total. The third-order valence-corrected chi connectivity index (χ3v) is 4.60. The molecule has 1 heterocycles. The number of rotatable bonds is 3. The summed E-state index contributed by atoms with van der Waals surface area (Å²) < 4.78 is 13.2. The van der Waals surface area contributed by atoms with Crippen molar-refractivity contribution < 1.29 is 14.0 Å². The number of nitrogens with zero attached hydrogens (tertiary/aromatic N) is 1. The molecular formula is C22H17FN2O2. The summed E-state index contributed by atoms with van der Waals surface area (Å²) in [6.45, 7) is 0.0806. The van der Waals surface area contributed by atoms with Gasteiger partial charge in [0.2, 0.25) is 0 Å². The molecule has 0 saturated carbocycles. The van der Waals surface area contributed by atoms with Crippen LogP contribution in [-0.4, -0.2) is 16.7 Å². The van der Waals surface area contributed by atoms with Gasteiger partial charge in [0.25, 0.3) is 11.8 Å². The van der Waals surface area contributed by atoms with E-state index in [0.29, 0.717) is 16.8 Å². The van der Waals surface area contributed by atoms with E-state index < -0.39 is 6.04 Å². The van der Waals surface area contributed by atoms with E-state index in [1.807, 2.05) is 36.4 Å². The third-order valence-electron chi connectivity index (χ3n) is 4.60. The maximum atomic E-state index is 13.3. The number of halogens is 1. The number of anilines is 1. The topological polar surface area (TPSA) is 49.4 Å². The number of hydrogen-bond donors (Lipinski definition) is 1. The summed E-state index contributed by atoms with van der Waals surface area (Å²) in [5.74, 6) is -1.07. The number of carbonyl (C=O) groups excluding carboxylic acids is 2. The molecule has 1 N–H and O–H groups in total. The predicted molar refractivity (Wildman–Crippen MR) is 101 cm³/mol. The van der Waals surface area contributed by atoms with Crippen LogP contribution < -0.4 is 5.32 Å². The second-order valence-electron chi connectivity index (χ2n) is 6.39. The molecule has 0 aromatic heterocycles. The van der Waals surface area contributed by atoms with Crippen molar-refractivity contribution in [3.63, 3.8) is 0 Å². The molecule has 1 aliphatic rings. The van der Waals surface area contributed by atoms with Crippen molar-refractivity contribution in [3.8, 4) is 0 Å². The normalized spacial score (nSPS) is 16.5. The minimum Gasteiger partial charge on any atom is -0.369 e. The fraction of sp³-hybridized carbons (Fsp3) is 0.0909. The molecule has 27 heavy (non-hydrogen) atoms. The number of nitrogens with one attached hydrogen (secondary N) is 1. The summed E-state index contributed by atoms with van der Waals surface area (Å²) in [7, 11) is 0. The van der Waals surface area contributed by atoms with Gasteiger partial charge in [-0.1, -0.05) is 54.6 Å². The second-order valence-corrected chi connectivity index (χ2v) is 6.39. The zero-order valence-electron chi connectivity index (χ0n) is 14.4. The molecule has 1 aliphatic heterocycles. The van der Waals surface area contributed by atoms with Crippen LogP contribution in [0.2, 0.25) is 0 Å². The summed E-state index contributed by atoms with van der Waals surface area (Å²) in [6.07, 6.45) is 0. The van der Waals surface area contributed by atoms with Gasteiger partial charge in [-0.15, -0.1) is 0 Å². The van der Waals surface area contributed by atoms with Crippen LogP contribution in [0.5, 0.6) is 0 Å². The third kappa shape index (κ3) is 3.31. The van der Waals surface area contributed by atoms with Crippen molar-refractivity contribution in [1.82, 2.24) is 4.90 Å². The molecular weight excluding hydrogens is 343 g/mol. The number of carbonyl (C=O) groups is 2. The molecule has 2 amide bonds. The van der Waals surface area contributed by atoms with Crippen LogP contribution in [0.1, 0.15) is 27.5 Å². The fourth-order valence-electron chi connectivity index (χ4n) is 3.21. The van der Waals surface area contributed by atoms with Crippen molar-refractivity contribution >= 4 is 17.5 Å².